The minimum absolute atomic E-state index is 0.136. The molecule has 4 aromatic rings. The molecule has 5 atom stereocenters. The summed E-state index contributed by atoms with van der Waals surface area (Å²) in [6.07, 6.45) is 3.93. The van der Waals surface area contributed by atoms with E-state index in [9.17, 15) is 4.79 Å². The summed E-state index contributed by atoms with van der Waals surface area (Å²) in [5.41, 5.74) is 2.08. The molecule has 1 aliphatic heterocycles. The lowest BCUT2D eigenvalue weighted by molar-refractivity contribution is 0.283. The Hall–Kier alpha value is -2.21. The normalized spacial score (nSPS) is 27.0. The molecule has 0 saturated heterocycles. The third kappa shape index (κ3) is 3.28. The summed E-state index contributed by atoms with van der Waals surface area (Å²) in [6, 6.07) is 22.3. The number of thioether (sulfide) groups is 1. The Morgan fingerprint density at radius 3 is 2.62 bits per heavy atom. The predicted molar refractivity (Wildman–Crippen MR) is 139 cm³/mol. The van der Waals surface area contributed by atoms with Gasteiger partial charge in [0.15, 0.2) is 0 Å². The maximum Gasteiger partial charge on any atom is 0.308 e. The molecule has 2 aromatic carbocycles. The Kier molecular flexibility index (Phi) is 5.08. The number of halogens is 1. The van der Waals surface area contributed by atoms with Crippen LogP contribution in [0.4, 0.5) is 0 Å². The monoisotopic (exact) mass is 505 g/mol. The zero-order valence-electron chi connectivity index (χ0n) is 18.5. The third-order valence-electron chi connectivity index (χ3n) is 7.95. The van der Waals surface area contributed by atoms with Crippen molar-refractivity contribution < 1.29 is 4.42 Å². The number of benzene rings is 2. The van der Waals surface area contributed by atoms with E-state index in [1.807, 2.05) is 64.9 Å². The number of rotatable bonds is 4. The lowest BCUT2D eigenvalue weighted by Crippen LogP contribution is -2.34. The number of furan rings is 1. The van der Waals surface area contributed by atoms with Gasteiger partial charge in [-0.15, -0.1) is 11.8 Å². The molecule has 2 aliphatic carbocycles. The van der Waals surface area contributed by atoms with E-state index >= 15 is 0 Å². The molecule has 7 rings (SSSR count). The summed E-state index contributed by atoms with van der Waals surface area (Å²) >= 11 is 9.87. The standard InChI is InChI=1S/C28H24ClNO2S2/c29-20-9-5-4-8-19(20)21-12-13-22(32-21)24-23-17-10-11-18(14-17)25(23)33-27-26(24)34-28(31)30(27)15-16-6-2-1-3-7-16/h1-9,12-13,17-18,23-25H,10-11,14-15H2/t17-,18-,23-,24-,25+/m0/s1. The zero-order chi connectivity index (χ0) is 22.8. The maximum absolute atomic E-state index is 13.3. The number of nitrogens with zero attached hydrogens (tertiary/aromatic N) is 1. The molecule has 0 amide bonds. The van der Waals surface area contributed by atoms with Gasteiger partial charge in [-0.3, -0.25) is 9.36 Å². The summed E-state index contributed by atoms with van der Waals surface area (Å²) in [6.45, 7) is 0.625. The Morgan fingerprint density at radius 1 is 0.971 bits per heavy atom. The fraction of sp³-hybridized carbons (Fsp3) is 0.321. The van der Waals surface area contributed by atoms with Gasteiger partial charge in [-0.05, 0) is 66.8 Å². The molecule has 2 fully saturated rings. The maximum atomic E-state index is 13.3. The fourth-order valence-corrected chi connectivity index (χ4v) is 9.86. The molecule has 3 heterocycles. The first kappa shape index (κ1) is 21.1. The number of thiazole rings is 1. The van der Waals surface area contributed by atoms with E-state index in [0.717, 1.165) is 33.6 Å². The molecule has 0 unspecified atom stereocenters. The molecule has 34 heavy (non-hydrogen) atoms. The molecule has 2 saturated carbocycles. The average molecular weight is 506 g/mol. The lowest BCUT2D eigenvalue weighted by atomic mass is 9.77. The van der Waals surface area contributed by atoms with Crippen LogP contribution in [-0.2, 0) is 6.54 Å². The molecule has 2 aromatic heterocycles. The second kappa shape index (κ2) is 8.18. The van der Waals surface area contributed by atoms with E-state index in [1.165, 1.54) is 35.5 Å². The summed E-state index contributed by atoms with van der Waals surface area (Å²) < 4.78 is 8.54. The van der Waals surface area contributed by atoms with Crippen LogP contribution in [0.2, 0.25) is 5.02 Å². The van der Waals surface area contributed by atoms with Gasteiger partial charge in [-0.2, -0.15) is 0 Å². The van der Waals surface area contributed by atoms with Gasteiger partial charge in [0.1, 0.15) is 11.5 Å². The summed E-state index contributed by atoms with van der Waals surface area (Å²) in [4.78, 5) is 14.6. The van der Waals surface area contributed by atoms with Crippen LogP contribution in [0.1, 0.15) is 41.4 Å². The predicted octanol–water partition coefficient (Wildman–Crippen LogP) is 7.52. The number of hydrogen-bond acceptors (Lipinski definition) is 4. The van der Waals surface area contributed by atoms with Crippen molar-refractivity contribution in [3.05, 3.63) is 97.6 Å². The van der Waals surface area contributed by atoms with Crippen molar-refractivity contribution in [1.82, 2.24) is 4.57 Å². The third-order valence-corrected chi connectivity index (χ3v) is 11.1. The highest BCUT2D eigenvalue weighted by Crippen LogP contribution is 2.64. The summed E-state index contributed by atoms with van der Waals surface area (Å²) in [5, 5.41) is 2.41. The Balaban J connectivity index is 1.35. The SMILES string of the molecule is O=c1sc2c(n1Cc1ccccc1)S[C@@H]1[C@H]3CC[C@@H](C3)[C@H]1[C@@H]2c1ccc(-c2ccccc2Cl)o1. The van der Waals surface area contributed by atoms with Crippen molar-refractivity contribution in [3.8, 4) is 11.3 Å². The van der Waals surface area contributed by atoms with Gasteiger partial charge < -0.3 is 4.42 Å². The van der Waals surface area contributed by atoms with Crippen LogP contribution in [0.3, 0.4) is 0 Å². The first-order valence-electron chi connectivity index (χ1n) is 12.0. The highest BCUT2D eigenvalue weighted by Gasteiger charge is 2.56. The second-order valence-electron chi connectivity index (χ2n) is 9.76. The van der Waals surface area contributed by atoms with Gasteiger partial charge in [-0.25, -0.2) is 0 Å². The van der Waals surface area contributed by atoms with Crippen LogP contribution < -0.4 is 4.87 Å². The summed E-state index contributed by atoms with van der Waals surface area (Å²) in [5.74, 6) is 3.92. The highest BCUT2D eigenvalue weighted by atomic mass is 35.5. The largest absolute Gasteiger partial charge is 0.460 e. The van der Waals surface area contributed by atoms with Crippen molar-refractivity contribution in [1.29, 1.82) is 0 Å². The van der Waals surface area contributed by atoms with E-state index in [-0.39, 0.29) is 10.8 Å². The van der Waals surface area contributed by atoms with E-state index in [4.69, 9.17) is 16.0 Å². The average Bonchev–Trinajstić information content (AvgIpc) is 3.64. The smallest absolute Gasteiger partial charge is 0.308 e. The second-order valence-corrected chi connectivity index (χ2v) is 12.3. The van der Waals surface area contributed by atoms with E-state index < -0.39 is 0 Å². The molecule has 172 valence electrons. The number of fused-ring (bicyclic) bond motifs is 6. The van der Waals surface area contributed by atoms with Crippen LogP contribution in [-0.4, -0.2) is 9.82 Å². The molecule has 0 N–H and O–H groups in total. The van der Waals surface area contributed by atoms with Crippen molar-refractivity contribution in [3.63, 3.8) is 0 Å². The van der Waals surface area contributed by atoms with Crippen LogP contribution >= 0.6 is 34.7 Å². The van der Waals surface area contributed by atoms with E-state index in [1.54, 1.807) is 0 Å². The minimum Gasteiger partial charge on any atom is -0.460 e. The topological polar surface area (TPSA) is 35.1 Å². The molecule has 0 radical (unpaired) electrons. The van der Waals surface area contributed by atoms with Gasteiger partial charge in [0.25, 0.3) is 0 Å². The van der Waals surface area contributed by atoms with Crippen molar-refractivity contribution in [2.24, 2.45) is 17.8 Å². The molecule has 6 heteroatoms. The van der Waals surface area contributed by atoms with Crippen LogP contribution in [0, 0.1) is 17.8 Å². The van der Waals surface area contributed by atoms with Crippen molar-refractivity contribution in [2.75, 3.05) is 0 Å². The van der Waals surface area contributed by atoms with Gasteiger partial charge in [-0.1, -0.05) is 65.4 Å². The Bertz CT molecular complexity index is 1420. The van der Waals surface area contributed by atoms with Crippen molar-refractivity contribution in [2.45, 2.75) is 42.0 Å². The zero-order valence-corrected chi connectivity index (χ0v) is 20.9. The molecule has 3 aliphatic rings. The fourth-order valence-electron chi connectivity index (χ4n) is 6.50. The molecule has 0 spiro atoms. The molecule has 3 nitrogen and oxygen atoms in total. The van der Waals surface area contributed by atoms with Gasteiger partial charge in [0.05, 0.1) is 27.4 Å². The molecular weight excluding hydrogens is 482 g/mol. The van der Waals surface area contributed by atoms with Gasteiger partial charge >= 0.3 is 4.87 Å². The Labute approximate surface area is 211 Å². The first-order valence-corrected chi connectivity index (χ1v) is 14.0. The number of hydrogen-bond donors (Lipinski definition) is 0. The quantitative estimate of drug-likeness (QED) is 0.287. The van der Waals surface area contributed by atoms with Gasteiger partial charge in [0.2, 0.25) is 0 Å². The lowest BCUT2D eigenvalue weighted by Gasteiger charge is -2.39. The summed E-state index contributed by atoms with van der Waals surface area (Å²) in [7, 11) is 0. The molecular formula is C28H24ClNO2S2. The van der Waals surface area contributed by atoms with Crippen LogP contribution in [0.25, 0.3) is 11.3 Å². The van der Waals surface area contributed by atoms with E-state index in [2.05, 4.69) is 18.2 Å². The number of aromatic nitrogens is 1. The highest BCUT2D eigenvalue weighted by molar-refractivity contribution is 8.00. The minimum atomic E-state index is 0.136. The Morgan fingerprint density at radius 2 is 1.76 bits per heavy atom. The van der Waals surface area contributed by atoms with Crippen LogP contribution in [0.5, 0.6) is 0 Å². The van der Waals surface area contributed by atoms with E-state index in [0.29, 0.717) is 28.7 Å². The van der Waals surface area contributed by atoms with Crippen molar-refractivity contribution >= 4 is 34.7 Å². The first-order chi connectivity index (χ1) is 16.7. The molecule has 2 bridgehead atoms. The van der Waals surface area contributed by atoms with Crippen LogP contribution in [0.15, 0.2) is 81.0 Å². The van der Waals surface area contributed by atoms with Gasteiger partial charge in [0, 0.05) is 10.8 Å².